The van der Waals surface area contributed by atoms with Gasteiger partial charge in [0.2, 0.25) is 11.4 Å². The number of rotatable bonds is 12. The Bertz CT molecular complexity index is 1910. The third kappa shape index (κ3) is 8.51. The highest BCUT2D eigenvalue weighted by Gasteiger charge is 2.23. The van der Waals surface area contributed by atoms with E-state index in [0.29, 0.717) is 21.2 Å². The highest BCUT2D eigenvalue weighted by molar-refractivity contribution is 7.86. The van der Waals surface area contributed by atoms with Gasteiger partial charge in [-0.2, -0.15) is 13.0 Å². The fraction of sp³-hybridized carbons (Fsp3) is 0.205. The van der Waals surface area contributed by atoms with Crippen molar-refractivity contribution >= 4 is 61.7 Å². The lowest BCUT2D eigenvalue weighted by molar-refractivity contribution is -0.439. The zero-order valence-electron chi connectivity index (χ0n) is 26.6. The first-order valence-electron chi connectivity index (χ1n) is 15.9. The first kappa shape index (κ1) is 34.4. The van der Waals surface area contributed by atoms with Crippen molar-refractivity contribution in [3.8, 4) is 0 Å². The Kier molecular flexibility index (Phi) is 11.5. The topological polar surface area (TPSA) is 60.6 Å². The molecule has 0 radical (unpaired) electrons. The van der Waals surface area contributed by atoms with Crippen molar-refractivity contribution in [1.29, 1.82) is 0 Å². The van der Waals surface area contributed by atoms with Gasteiger partial charge in [0.25, 0.3) is 10.1 Å². The van der Waals surface area contributed by atoms with E-state index in [0.717, 1.165) is 72.7 Å². The van der Waals surface area contributed by atoms with E-state index in [1.54, 1.807) is 18.2 Å². The number of halogens is 2. The molecule has 0 spiro atoms. The number of benzene rings is 4. The number of hydrogen-bond acceptors (Lipinski definition) is 3. The predicted octanol–water partition coefficient (Wildman–Crippen LogP) is 10.7. The summed E-state index contributed by atoms with van der Waals surface area (Å²) in [5.74, 6) is 0. The molecule has 1 aliphatic carbocycles. The maximum Gasteiger partial charge on any atom is 0.295 e. The largest absolute Gasteiger partial charge is 0.341 e. The zero-order valence-corrected chi connectivity index (χ0v) is 28.9. The van der Waals surface area contributed by atoms with Gasteiger partial charge < -0.3 is 4.90 Å². The highest BCUT2D eigenvalue weighted by atomic mass is 35.5. The van der Waals surface area contributed by atoms with Crippen molar-refractivity contribution in [2.75, 3.05) is 18.0 Å². The summed E-state index contributed by atoms with van der Waals surface area (Å²) in [5, 5.41) is 1.37. The summed E-state index contributed by atoms with van der Waals surface area (Å²) in [4.78, 5) is 2.12. The van der Waals surface area contributed by atoms with Crippen LogP contribution in [0.4, 0.5) is 17.1 Å². The Hall–Kier alpha value is -3.94. The summed E-state index contributed by atoms with van der Waals surface area (Å²) >= 11 is 12.4. The van der Waals surface area contributed by atoms with Gasteiger partial charge >= 0.3 is 0 Å². The maximum atomic E-state index is 12.6. The van der Waals surface area contributed by atoms with E-state index < -0.39 is 10.1 Å². The average Bonchev–Trinajstić information content (AvgIpc) is 3.08. The molecule has 0 aliphatic heterocycles. The molecule has 1 N–H and O–H groups in total. The van der Waals surface area contributed by atoms with E-state index >= 15 is 0 Å². The smallest absolute Gasteiger partial charge is 0.295 e. The van der Waals surface area contributed by atoms with Crippen molar-refractivity contribution in [1.82, 2.24) is 0 Å². The van der Waals surface area contributed by atoms with Crippen LogP contribution in [0.3, 0.4) is 0 Å². The molecule has 8 heteroatoms. The molecule has 5 nitrogen and oxygen atoms in total. The molecule has 5 rings (SSSR count). The Morgan fingerprint density at radius 3 is 1.85 bits per heavy atom. The van der Waals surface area contributed by atoms with Crippen LogP contribution in [0.5, 0.6) is 0 Å². The Morgan fingerprint density at radius 2 is 1.28 bits per heavy atom. The summed E-state index contributed by atoms with van der Waals surface area (Å²) in [6.45, 7) is 6.01. The quantitative estimate of drug-likeness (QED) is 0.119. The zero-order chi connectivity index (χ0) is 33.4. The molecular formula is C39H39Cl2N2O3S+. The van der Waals surface area contributed by atoms with Crippen LogP contribution in [-0.2, 0) is 10.1 Å². The molecule has 0 fully saturated rings. The van der Waals surface area contributed by atoms with Gasteiger partial charge in [0.15, 0.2) is 0 Å². The fourth-order valence-corrected chi connectivity index (χ4v) is 6.63. The molecule has 47 heavy (non-hydrogen) atoms. The second-order valence-corrected chi connectivity index (χ2v) is 13.7. The van der Waals surface area contributed by atoms with Gasteiger partial charge in [0.05, 0.1) is 0 Å². The van der Waals surface area contributed by atoms with E-state index in [2.05, 4.69) is 47.6 Å². The minimum Gasteiger partial charge on any atom is -0.341 e. The molecule has 0 heterocycles. The summed E-state index contributed by atoms with van der Waals surface area (Å²) < 4.78 is 37.6. The van der Waals surface area contributed by atoms with Crippen LogP contribution >= 0.6 is 23.2 Å². The van der Waals surface area contributed by atoms with Gasteiger partial charge in [-0.3, -0.25) is 4.55 Å². The molecule has 0 atom stereocenters. The summed E-state index contributed by atoms with van der Waals surface area (Å²) in [6, 6.07) is 30.3. The second kappa shape index (κ2) is 15.8. The first-order valence-corrected chi connectivity index (χ1v) is 18.1. The number of unbranched alkanes of at least 4 members (excludes halogenated alkanes) is 2. The van der Waals surface area contributed by atoms with Crippen LogP contribution in [0.15, 0.2) is 132 Å². The summed E-state index contributed by atoms with van der Waals surface area (Å²) in [5.41, 5.74) is 6.88. The van der Waals surface area contributed by atoms with Gasteiger partial charge in [-0.1, -0.05) is 80.2 Å². The van der Waals surface area contributed by atoms with E-state index in [1.807, 2.05) is 72.8 Å². The SMILES string of the molecule is CCCCN(c1ccc(Cl)cc1)c1ccc(C(=C2C=CC(=[N+](CCCC)c3ccc(Cl)cc3)C=C2)c2ccccc2S(=O)(=O)O)cc1. The van der Waals surface area contributed by atoms with E-state index in [1.165, 1.54) is 6.07 Å². The van der Waals surface area contributed by atoms with Crippen molar-refractivity contribution in [3.63, 3.8) is 0 Å². The second-order valence-electron chi connectivity index (χ2n) is 11.4. The number of anilines is 2. The Balaban J connectivity index is 1.63. The van der Waals surface area contributed by atoms with Crippen LogP contribution in [-0.4, -0.2) is 36.3 Å². The molecule has 0 aromatic heterocycles. The normalized spacial score (nSPS) is 12.8. The maximum absolute atomic E-state index is 12.6. The molecule has 0 bridgehead atoms. The van der Waals surface area contributed by atoms with Crippen LogP contribution in [0, 0.1) is 0 Å². The van der Waals surface area contributed by atoms with Crippen molar-refractivity contribution in [2.24, 2.45) is 0 Å². The monoisotopic (exact) mass is 685 g/mol. The minimum atomic E-state index is -4.50. The fourth-order valence-electron chi connectivity index (χ4n) is 5.68. The molecule has 0 amide bonds. The Morgan fingerprint density at radius 1 is 0.723 bits per heavy atom. The van der Waals surface area contributed by atoms with E-state index in [4.69, 9.17) is 23.2 Å². The van der Waals surface area contributed by atoms with Crippen LogP contribution < -0.4 is 4.90 Å². The van der Waals surface area contributed by atoms with Gasteiger partial charge in [-0.05, 0) is 89.9 Å². The molecule has 242 valence electrons. The number of hydrogen-bond donors (Lipinski definition) is 1. The van der Waals surface area contributed by atoms with Crippen LogP contribution in [0.2, 0.25) is 10.0 Å². The van der Waals surface area contributed by atoms with Crippen molar-refractivity contribution in [3.05, 3.63) is 148 Å². The first-order chi connectivity index (χ1) is 22.7. The third-order valence-electron chi connectivity index (χ3n) is 8.12. The lowest BCUT2D eigenvalue weighted by Crippen LogP contribution is -2.18. The molecule has 1 aliphatic rings. The summed E-state index contributed by atoms with van der Waals surface area (Å²) in [7, 11) is -4.50. The van der Waals surface area contributed by atoms with E-state index in [9.17, 15) is 13.0 Å². The molecule has 0 unspecified atom stereocenters. The minimum absolute atomic E-state index is 0.139. The lowest BCUT2D eigenvalue weighted by atomic mass is 9.90. The molecular weight excluding hydrogens is 647 g/mol. The Labute approximate surface area is 288 Å². The molecule has 0 saturated heterocycles. The van der Waals surface area contributed by atoms with Crippen LogP contribution in [0.1, 0.15) is 50.7 Å². The van der Waals surface area contributed by atoms with Crippen molar-refractivity contribution < 1.29 is 17.5 Å². The van der Waals surface area contributed by atoms with Crippen molar-refractivity contribution in [2.45, 2.75) is 44.4 Å². The lowest BCUT2D eigenvalue weighted by Gasteiger charge is -2.25. The molecule has 4 aromatic rings. The van der Waals surface area contributed by atoms with Gasteiger partial charge in [-0.15, -0.1) is 0 Å². The number of nitrogens with zero attached hydrogens (tertiary/aromatic N) is 2. The summed E-state index contributed by atoms with van der Waals surface area (Å²) in [6.07, 6.45) is 12.3. The molecule has 0 saturated carbocycles. The standard InChI is InChI=1S/C39H38Cl2N2O3S/c1-3-5-27-42(35-23-15-31(40)16-24-35)33-19-11-29(12-20-33)39(37-9-7-8-10-38(37)47(44,45)46)30-13-21-34(22-14-30)43(28-6-4-2)36-25-17-32(41)18-26-36/h7-26H,3-6,27-28H2,1-2H3/p+1. The van der Waals surface area contributed by atoms with Gasteiger partial charge in [-0.25, -0.2) is 0 Å². The van der Waals surface area contributed by atoms with Gasteiger partial charge in [0, 0.05) is 64.2 Å². The third-order valence-corrected chi connectivity index (χ3v) is 9.53. The van der Waals surface area contributed by atoms with Gasteiger partial charge in [0.1, 0.15) is 11.4 Å². The average molecular weight is 687 g/mol. The number of allylic oxidation sites excluding steroid dienone is 5. The predicted molar refractivity (Wildman–Crippen MR) is 197 cm³/mol. The highest BCUT2D eigenvalue weighted by Crippen LogP contribution is 2.36. The van der Waals surface area contributed by atoms with E-state index in [-0.39, 0.29) is 4.90 Å². The molecule has 4 aromatic carbocycles. The van der Waals surface area contributed by atoms with Crippen LogP contribution in [0.25, 0.3) is 5.57 Å².